The van der Waals surface area contributed by atoms with Crippen LogP contribution in [-0.2, 0) is 30.4 Å². The van der Waals surface area contributed by atoms with Gasteiger partial charge in [0, 0.05) is 32.4 Å². The van der Waals surface area contributed by atoms with Crippen LogP contribution in [-0.4, -0.2) is 58.9 Å². The molecule has 37 heavy (non-hydrogen) atoms. The van der Waals surface area contributed by atoms with Gasteiger partial charge in [-0.3, -0.25) is 24.0 Å². The van der Waals surface area contributed by atoms with E-state index in [4.69, 9.17) is 0 Å². The highest BCUT2D eigenvalue weighted by atomic mass is 16.2. The third-order valence-electron chi connectivity index (χ3n) is 6.96. The van der Waals surface area contributed by atoms with E-state index in [2.05, 4.69) is 10.6 Å². The van der Waals surface area contributed by atoms with Crippen LogP contribution in [0.15, 0.2) is 30.3 Å². The van der Waals surface area contributed by atoms with Crippen LogP contribution in [0.4, 0.5) is 0 Å². The minimum Gasteiger partial charge on any atom is -0.342 e. The molecule has 1 aliphatic heterocycles. The van der Waals surface area contributed by atoms with Gasteiger partial charge in [0.1, 0.15) is 23.1 Å². The number of benzene rings is 1. The normalized spacial score (nSPS) is 15.1. The van der Waals surface area contributed by atoms with E-state index in [0.29, 0.717) is 45.2 Å². The van der Waals surface area contributed by atoms with Crippen molar-refractivity contribution in [2.24, 2.45) is 5.92 Å². The van der Waals surface area contributed by atoms with Crippen LogP contribution in [0.2, 0.25) is 0 Å². The number of likely N-dealkylation sites (tertiary alicyclic amines) is 1. The van der Waals surface area contributed by atoms with Gasteiger partial charge in [0.25, 0.3) is 0 Å². The number of hydrogen-bond donors (Lipinski definition) is 2. The summed E-state index contributed by atoms with van der Waals surface area (Å²) in [6, 6.07) is 8.76. The minimum absolute atomic E-state index is 0.125. The maximum atomic E-state index is 13.3. The van der Waals surface area contributed by atoms with Gasteiger partial charge in [0.15, 0.2) is 0 Å². The second-order valence-electron chi connectivity index (χ2n) is 10.5. The van der Waals surface area contributed by atoms with E-state index >= 15 is 0 Å². The second-order valence-corrected chi connectivity index (χ2v) is 10.5. The molecule has 0 unspecified atom stereocenters. The molecule has 0 aromatic heterocycles. The van der Waals surface area contributed by atoms with Crippen molar-refractivity contribution in [2.75, 3.05) is 13.1 Å². The average Bonchev–Trinajstić information content (AvgIpc) is 3.40. The van der Waals surface area contributed by atoms with Crippen LogP contribution >= 0.6 is 0 Å². The summed E-state index contributed by atoms with van der Waals surface area (Å²) in [7, 11) is 0. The summed E-state index contributed by atoms with van der Waals surface area (Å²) in [5.74, 6) is -2.01. The Morgan fingerprint density at radius 2 is 1.62 bits per heavy atom. The van der Waals surface area contributed by atoms with Crippen LogP contribution in [0.5, 0.6) is 0 Å². The van der Waals surface area contributed by atoms with Gasteiger partial charge in [-0.05, 0) is 52.0 Å². The monoisotopic (exact) mass is 513 g/mol. The molecule has 1 aliphatic rings. The molecule has 1 aromatic carbocycles. The molecule has 3 amide bonds. The highest BCUT2D eigenvalue weighted by molar-refractivity contribution is 6.02. The number of rotatable bonds is 15. The summed E-state index contributed by atoms with van der Waals surface area (Å²) in [6.45, 7) is 7.71. The first kappa shape index (κ1) is 30.2. The second kappa shape index (κ2) is 14.6. The molecule has 2 N–H and O–H groups in total. The highest BCUT2D eigenvalue weighted by Crippen LogP contribution is 2.17. The number of Topliss-reactive ketones (excluding diaryl/α,β-unsaturated/α-hetero) is 2. The zero-order chi connectivity index (χ0) is 27.4. The topological polar surface area (TPSA) is 113 Å². The first-order chi connectivity index (χ1) is 17.5. The summed E-state index contributed by atoms with van der Waals surface area (Å²) in [6.07, 6.45) is 5.78. The van der Waals surface area contributed by atoms with Crippen molar-refractivity contribution in [1.82, 2.24) is 15.5 Å². The molecule has 0 spiro atoms. The standard InChI is InChI=1S/C29H43N3O5/c1-5-23(34)16-10-7-11-17-24(21(2)33)26(35)31-29(3,4)28(37)30-25(20-22-14-8-6-9-15-22)27(36)32-18-12-13-19-32/h6,8-9,14-15,24-25H,5,7,10-13,16-20H2,1-4H3,(H,30,37)(H,31,35)/t24-,25+/m1/s1. The van der Waals surface area contributed by atoms with Crippen molar-refractivity contribution in [2.45, 2.75) is 97.1 Å². The minimum atomic E-state index is -1.32. The Hall–Kier alpha value is -3.03. The van der Waals surface area contributed by atoms with E-state index in [1.165, 1.54) is 6.92 Å². The van der Waals surface area contributed by atoms with E-state index < -0.39 is 29.3 Å². The average molecular weight is 514 g/mol. The maximum Gasteiger partial charge on any atom is 0.245 e. The lowest BCUT2D eigenvalue weighted by molar-refractivity contribution is -0.140. The quantitative estimate of drug-likeness (QED) is 0.276. The molecule has 1 saturated heterocycles. The highest BCUT2D eigenvalue weighted by Gasteiger charge is 2.36. The summed E-state index contributed by atoms with van der Waals surface area (Å²) in [5.41, 5.74) is -0.391. The molecular weight excluding hydrogens is 470 g/mol. The third kappa shape index (κ3) is 9.74. The van der Waals surface area contributed by atoms with Gasteiger partial charge in [0.05, 0.1) is 5.92 Å². The first-order valence-electron chi connectivity index (χ1n) is 13.5. The van der Waals surface area contributed by atoms with Crippen LogP contribution in [0, 0.1) is 5.92 Å². The van der Waals surface area contributed by atoms with Crippen molar-refractivity contribution in [3.05, 3.63) is 35.9 Å². The molecule has 1 fully saturated rings. The van der Waals surface area contributed by atoms with Gasteiger partial charge >= 0.3 is 0 Å². The fourth-order valence-corrected chi connectivity index (χ4v) is 4.54. The molecule has 1 heterocycles. The number of carbonyl (C=O) groups excluding carboxylic acids is 5. The lowest BCUT2D eigenvalue weighted by Gasteiger charge is -2.31. The lowest BCUT2D eigenvalue weighted by atomic mass is 9.93. The van der Waals surface area contributed by atoms with Crippen molar-refractivity contribution in [3.8, 4) is 0 Å². The van der Waals surface area contributed by atoms with Gasteiger partial charge in [-0.2, -0.15) is 0 Å². The van der Waals surface area contributed by atoms with E-state index in [1.807, 2.05) is 37.3 Å². The number of hydrogen-bond acceptors (Lipinski definition) is 5. The number of nitrogens with one attached hydrogen (secondary N) is 2. The van der Waals surface area contributed by atoms with Crippen LogP contribution in [0.3, 0.4) is 0 Å². The Morgan fingerprint density at radius 3 is 2.22 bits per heavy atom. The Bertz CT molecular complexity index is 938. The fourth-order valence-electron chi connectivity index (χ4n) is 4.54. The summed E-state index contributed by atoms with van der Waals surface area (Å²) >= 11 is 0. The number of unbranched alkanes of at least 4 members (excludes halogenated alkanes) is 2. The van der Waals surface area contributed by atoms with Gasteiger partial charge in [-0.25, -0.2) is 0 Å². The van der Waals surface area contributed by atoms with E-state index in [0.717, 1.165) is 31.2 Å². The molecule has 2 atom stereocenters. The van der Waals surface area contributed by atoms with Crippen molar-refractivity contribution in [1.29, 1.82) is 0 Å². The predicted octanol–water partition coefficient (Wildman–Crippen LogP) is 3.37. The Morgan fingerprint density at radius 1 is 0.973 bits per heavy atom. The van der Waals surface area contributed by atoms with Gasteiger partial charge in [-0.15, -0.1) is 0 Å². The Balaban J connectivity index is 2.01. The molecular formula is C29H43N3O5. The van der Waals surface area contributed by atoms with Gasteiger partial charge < -0.3 is 15.5 Å². The van der Waals surface area contributed by atoms with Gasteiger partial charge in [0.2, 0.25) is 17.7 Å². The molecule has 0 aliphatic carbocycles. The summed E-state index contributed by atoms with van der Waals surface area (Å²) < 4.78 is 0. The zero-order valence-electron chi connectivity index (χ0n) is 22.8. The Labute approximate surface area is 220 Å². The largest absolute Gasteiger partial charge is 0.342 e. The zero-order valence-corrected chi connectivity index (χ0v) is 22.8. The molecule has 1 aromatic rings. The van der Waals surface area contributed by atoms with E-state index in [9.17, 15) is 24.0 Å². The van der Waals surface area contributed by atoms with E-state index in [-0.39, 0.29) is 17.5 Å². The molecule has 0 radical (unpaired) electrons. The number of nitrogens with zero attached hydrogens (tertiary/aromatic N) is 1. The van der Waals surface area contributed by atoms with Crippen molar-refractivity contribution in [3.63, 3.8) is 0 Å². The molecule has 0 bridgehead atoms. The number of carbonyl (C=O) groups is 5. The SMILES string of the molecule is CCC(=O)CCCCC[C@H](C(C)=O)C(=O)NC(C)(C)C(=O)N[C@@H](Cc1ccccc1)C(=O)N1CCCC1. The maximum absolute atomic E-state index is 13.3. The van der Waals surface area contributed by atoms with E-state index in [1.54, 1.807) is 18.7 Å². The summed E-state index contributed by atoms with van der Waals surface area (Å²) in [5, 5.41) is 5.60. The lowest BCUT2D eigenvalue weighted by Crippen LogP contribution is -2.60. The first-order valence-corrected chi connectivity index (χ1v) is 13.5. The van der Waals surface area contributed by atoms with Crippen molar-refractivity contribution >= 4 is 29.3 Å². The van der Waals surface area contributed by atoms with Crippen LogP contribution in [0.25, 0.3) is 0 Å². The molecule has 8 nitrogen and oxygen atoms in total. The predicted molar refractivity (Wildman–Crippen MR) is 143 cm³/mol. The number of amides is 3. The molecule has 2 rings (SSSR count). The van der Waals surface area contributed by atoms with Crippen LogP contribution < -0.4 is 10.6 Å². The fraction of sp³-hybridized carbons (Fsp3) is 0.621. The number of ketones is 2. The molecule has 8 heteroatoms. The third-order valence-corrected chi connectivity index (χ3v) is 6.96. The van der Waals surface area contributed by atoms with Gasteiger partial charge in [-0.1, -0.05) is 50.1 Å². The smallest absolute Gasteiger partial charge is 0.245 e. The Kier molecular flexibility index (Phi) is 12.0. The van der Waals surface area contributed by atoms with Crippen LogP contribution in [0.1, 0.15) is 84.6 Å². The molecule has 0 saturated carbocycles. The summed E-state index contributed by atoms with van der Waals surface area (Å²) in [4.78, 5) is 65.0. The van der Waals surface area contributed by atoms with Crippen molar-refractivity contribution < 1.29 is 24.0 Å². The molecule has 204 valence electrons.